The van der Waals surface area contributed by atoms with Gasteiger partial charge in [0.15, 0.2) is 0 Å². The molecule has 94 valence electrons. The number of hydrogen-bond acceptors (Lipinski definition) is 3. The molecule has 0 saturated carbocycles. The molecule has 0 bridgehead atoms. The normalized spacial score (nSPS) is 20.7. The van der Waals surface area contributed by atoms with Crippen molar-refractivity contribution in [1.82, 2.24) is 10.3 Å². The minimum absolute atomic E-state index is 0.534. The molecule has 0 spiro atoms. The van der Waals surface area contributed by atoms with Crippen LogP contribution < -0.4 is 10.1 Å². The van der Waals surface area contributed by atoms with Gasteiger partial charge in [0, 0.05) is 12.2 Å². The van der Waals surface area contributed by atoms with Crippen LogP contribution >= 0.6 is 0 Å². The molecule has 1 saturated heterocycles. The second-order valence-corrected chi connectivity index (χ2v) is 4.89. The first kappa shape index (κ1) is 12.4. The van der Waals surface area contributed by atoms with E-state index >= 15 is 0 Å². The summed E-state index contributed by atoms with van der Waals surface area (Å²) in [5.74, 6) is 1.47. The molecule has 1 aliphatic rings. The van der Waals surface area contributed by atoms with Crippen molar-refractivity contribution in [2.45, 2.75) is 45.1 Å². The van der Waals surface area contributed by atoms with E-state index in [9.17, 15) is 0 Å². The van der Waals surface area contributed by atoms with E-state index in [4.69, 9.17) is 4.74 Å². The minimum atomic E-state index is 0.534. The molecule has 3 heteroatoms. The molecular formula is C14H22N2O. The average Bonchev–Trinajstić information content (AvgIpc) is 2.28. The van der Waals surface area contributed by atoms with Crippen molar-refractivity contribution in [2.24, 2.45) is 0 Å². The van der Waals surface area contributed by atoms with Gasteiger partial charge in [-0.25, -0.2) is 0 Å². The highest BCUT2D eigenvalue weighted by atomic mass is 16.5. The fourth-order valence-corrected chi connectivity index (χ4v) is 2.07. The van der Waals surface area contributed by atoms with Gasteiger partial charge < -0.3 is 10.1 Å². The molecule has 1 N–H and O–H groups in total. The highest BCUT2D eigenvalue weighted by molar-refractivity contribution is 5.26. The predicted molar refractivity (Wildman–Crippen MR) is 69.5 cm³/mol. The van der Waals surface area contributed by atoms with Crippen LogP contribution in [0.1, 0.15) is 44.6 Å². The summed E-state index contributed by atoms with van der Waals surface area (Å²) in [5, 5.41) is 3.33. The van der Waals surface area contributed by atoms with Gasteiger partial charge >= 0.3 is 0 Å². The lowest BCUT2D eigenvalue weighted by Crippen LogP contribution is -2.46. The van der Waals surface area contributed by atoms with Crippen molar-refractivity contribution in [3.05, 3.63) is 24.0 Å². The smallest absolute Gasteiger partial charge is 0.137 e. The van der Waals surface area contributed by atoms with E-state index in [1.165, 1.54) is 24.8 Å². The van der Waals surface area contributed by atoms with Crippen molar-refractivity contribution in [1.29, 1.82) is 0 Å². The Hall–Kier alpha value is -1.09. The van der Waals surface area contributed by atoms with Gasteiger partial charge in [-0.2, -0.15) is 0 Å². The number of aromatic nitrogens is 1. The lowest BCUT2D eigenvalue weighted by Gasteiger charge is -2.27. The van der Waals surface area contributed by atoms with Crippen molar-refractivity contribution < 1.29 is 4.74 Å². The van der Waals surface area contributed by atoms with Gasteiger partial charge in [0.05, 0.1) is 6.20 Å². The van der Waals surface area contributed by atoms with Crippen LogP contribution in [0.15, 0.2) is 18.5 Å². The van der Waals surface area contributed by atoms with Gasteiger partial charge in [-0.3, -0.25) is 4.98 Å². The lowest BCUT2D eigenvalue weighted by molar-refractivity contribution is 0.216. The van der Waals surface area contributed by atoms with E-state index in [-0.39, 0.29) is 0 Å². The summed E-state index contributed by atoms with van der Waals surface area (Å²) in [6.45, 7) is 6.34. The molecule has 3 nitrogen and oxygen atoms in total. The zero-order valence-corrected chi connectivity index (χ0v) is 10.8. The molecular weight excluding hydrogens is 212 g/mol. The SMILES string of the molecule is CCCC(C)c1cncc(OCC2CCN2)c1. The molecule has 0 aliphatic carbocycles. The van der Waals surface area contributed by atoms with Crippen LogP contribution in [0.25, 0.3) is 0 Å². The molecule has 1 aliphatic heterocycles. The molecule has 0 radical (unpaired) electrons. The summed E-state index contributed by atoms with van der Waals surface area (Å²) in [5.41, 5.74) is 1.28. The Morgan fingerprint density at radius 2 is 2.35 bits per heavy atom. The Morgan fingerprint density at radius 1 is 1.53 bits per heavy atom. The van der Waals surface area contributed by atoms with Crippen molar-refractivity contribution in [3.63, 3.8) is 0 Å². The summed E-state index contributed by atoms with van der Waals surface area (Å²) in [6.07, 6.45) is 7.39. The Morgan fingerprint density at radius 3 is 3.00 bits per heavy atom. The molecule has 2 rings (SSSR count). The molecule has 2 heterocycles. The summed E-state index contributed by atoms with van der Waals surface area (Å²) in [6, 6.07) is 2.66. The minimum Gasteiger partial charge on any atom is -0.490 e. The Balaban J connectivity index is 1.90. The highest BCUT2D eigenvalue weighted by Gasteiger charge is 2.16. The Bertz CT molecular complexity index is 350. The van der Waals surface area contributed by atoms with Crippen LogP contribution in [0, 0.1) is 0 Å². The van der Waals surface area contributed by atoms with Crippen LogP contribution in [0.4, 0.5) is 0 Å². The molecule has 1 fully saturated rings. The fourth-order valence-electron chi connectivity index (χ4n) is 2.07. The summed E-state index contributed by atoms with van der Waals surface area (Å²) >= 11 is 0. The number of ether oxygens (including phenoxy) is 1. The maximum Gasteiger partial charge on any atom is 0.137 e. The van der Waals surface area contributed by atoms with Crippen LogP contribution in [0.3, 0.4) is 0 Å². The zero-order chi connectivity index (χ0) is 12.1. The number of rotatable bonds is 6. The van der Waals surface area contributed by atoms with Crippen LogP contribution in [-0.4, -0.2) is 24.2 Å². The maximum atomic E-state index is 5.75. The predicted octanol–water partition coefficient (Wildman–Crippen LogP) is 2.73. The van der Waals surface area contributed by atoms with E-state index in [0.717, 1.165) is 18.9 Å². The molecule has 2 unspecified atom stereocenters. The van der Waals surface area contributed by atoms with Crippen LogP contribution in [-0.2, 0) is 0 Å². The first-order valence-electron chi connectivity index (χ1n) is 6.60. The zero-order valence-electron chi connectivity index (χ0n) is 10.8. The van der Waals surface area contributed by atoms with E-state index < -0.39 is 0 Å². The van der Waals surface area contributed by atoms with Gasteiger partial charge in [0.25, 0.3) is 0 Å². The standard InChI is InChI=1S/C14H22N2O/c1-3-4-11(2)12-7-14(9-15-8-12)17-10-13-5-6-16-13/h7-9,11,13,16H,3-6,10H2,1-2H3. The second-order valence-electron chi connectivity index (χ2n) is 4.89. The average molecular weight is 234 g/mol. The van der Waals surface area contributed by atoms with Crippen LogP contribution in [0.2, 0.25) is 0 Å². The Kier molecular flexibility index (Phi) is 4.37. The number of nitrogens with zero attached hydrogens (tertiary/aromatic N) is 1. The van der Waals surface area contributed by atoms with Crippen molar-refractivity contribution in [3.8, 4) is 5.75 Å². The number of pyridine rings is 1. The number of hydrogen-bond donors (Lipinski definition) is 1. The monoisotopic (exact) mass is 234 g/mol. The quantitative estimate of drug-likeness (QED) is 0.821. The molecule has 1 aromatic rings. The van der Waals surface area contributed by atoms with Crippen LogP contribution in [0.5, 0.6) is 5.75 Å². The summed E-state index contributed by atoms with van der Waals surface area (Å²) in [7, 11) is 0. The highest BCUT2D eigenvalue weighted by Crippen LogP contribution is 2.23. The lowest BCUT2D eigenvalue weighted by atomic mass is 9.98. The molecule has 0 aromatic carbocycles. The molecule has 2 atom stereocenters. The molecule has 0 amide bonds. The van der Waals surface area contributed by atoms with Gasteiger partial charge in [-0.05, 0) is 36.9 Å². The fraction of sp³-hybridized carbons (Fsp3) is 0.643. The van der Waals surface area contributed by atoms with Gasteiger partial charge in [0.1, 0.15) is 12.4 Å². The van der Waals surface area contributed by atoms with E-state index in [2.05, 4.69) is 30.2 Å². The first-order valence-corrected chi connectivity index (χ1v) is 6.60. The summed E-state index contributed by atoms with van der Waals surface area (Å²) < 4.78 is 5.75. The molecule has 17 heavy (non-hydrogen) atoms. The third-order valence-corrected chi connectivity index (χ3v) is 3.40. The number of nitrogens with one attached hydrogen (secondary N) is 1. The van der Waals surface area contributed by atoms with Crippen molar-refractivity contribution >= 4 is 0 Å². The Labute approximate surface area is 104 Å². The second kappa shape index (κ2) is 6.01. The molecule has 1 aromatic heterocycles. The third-order valence-electron chi connectivity index (χ3n) is 3.40. The largest absolute Gasteiger partial charge is 0.490 e. The summed E-state index contributed by atoms with van der Waals surface area (Å²) in [4.78, 5) is 4.26. The first-order chi connectivity index (χ1) is 8.29. The maximum absolute atomic E-state index is 5.75. The van der Waals surface area contributed by atoms with Gasteiger partial charge in [-0.1, -0.05) is 20.3 Å². The topological polar surface area (TPSA) is 34.1 Å². The van der Waals surface area contributed by atoms with Gasteiger partial charge in [-0.15, -0.1) is 0 Å². The van der Waals surface area contributed by atoms with E-state index in [1.807, 2.05) is 6.20 Å². The van der Waals surface area contributed by atoms with Crippen molar-refractivity contribution in [2.75, 3.05) is 13.2 Å². The van der Waals surface area contributed by atoms with E-state index in [1.54, 1.807) is 6.20 Å². The third kappa shape index (κ3) is 3.43. The van der Waals surface area contributed by atoms with E-state index in [0.29, 0.717) is 12.0 Å². The van der Waals surface area contributed by atoms with Gasteiger partial charge in [0.2, 0.25) is 0 Å².